The van der Waals surface area contributed by atoms with E-state index >= 15 is 0 Å². The third kappa shape index (κ3) is 8.38. The van der Waals surface area contributed by atoms with E-state index < -0.39 is 15.8 Å². The molecule has 0 atom stereocenters. The fourth-order valence-corrected chi connectivity index (χ4v) is 9.78. The van der Waals surface area contributed by atoms with Crippen LogP contribution in [0.1, 0.15) is 0 Å². The number of rotatable bonds is 6. The fourth-order valence-electron chi connectivity index (χ4n) is 4.63. The molecule has 4 heteroatoms. The summed E-state index contributed by atoms with van der Waals surface area (Å²) in [5.74, 6) is 0. The van der Waals surface area contributed by atoms with E-state index in [1.54, 1.807) is 0 Å². The van der Waals surface area contributed by atoms with Gasteiger partial charge in [-0.2, -0.15) is 0 Å². The van der Waals surface area contributed by atoms with Gasteiger partial charge in [0.05, 0.1) is 15.8 Å². The summed E-state index contributed by atoms with van der Waals surface area (Å²) in [6.07, 6.45) is 0. The molecule has 0 aliphatic rings. The Morgan fingerprint density at radius 3 is 0.475 bits per heavy atom. The Morgan fingerprint density at radius 2 is 0.350 bits per heavy atom. The van der Waals surface area contributed by atoms with Crippen molar-refractivity contribution in [1.29, 1.82) is 0 Å². The summed E-state index contributed by atoms with van der Waals surface area (Å²) >= 11 is 0. The first-order valence-electron chi connectivity index (χ1n) is 13.0. The predicted octanol–water partition coefficient (Wildman–Crippen LogP) is 4.90. The fraction of sp³-hybridized carbons (Fsp3) is 0. The zero-order chi connectivity index (χ0) is 25.8. The van der Waals surface area contributed by atoms with Crippen LogP contribution in [0, 0.1) is 0 Å². The first kappa shape index (κ1) is 31.3. The molecule has 0 saturated heterocycles. The van der Waals surface area contributed by atoms with E-state index in [4.69, 9.17) is 0 Å². The molecule has 0 unspecified atom stereocenters. The molecule has 0 aromatic heterocycles. The summed E-state index contributed by atoms with van der Waals surface area (Å²) in [6.45, 7) is 0. The van der Waals surface area contributed by atoms with Gasteiger partial charge in [0.25, 0.3) is 0 Å². The molecule has 0 fully saturated rings. The second-order valence-corrected chi connectivity index (χ2v) is 13.9. The van der Waals surface area contributed by atoms with Crippen LogP contribution in [0.2, 0.25) is 0 Å². The van der Waals surface area contributed by atoms with Crippen LogP contribution in [0.5, 0.6) is 0 Å². The van der Waals surface area contributed by atoms with Gasteiger partial charge < -0.3 is 0 Å². The van der Waals surface area contributed by atoms with Crippen molar-refractivity contribution in [2.75, 3.05) is 0 Å². The average molecular weight is 605 g/mol. The molecular weight excluding hydrogens is 569 g/mol. The summed E-state index contributed by atoms with van der Waals surface area (Å²) < 4.78 is 0. The topological polar surface area (TPSA) is 0 Å². The number of benzene rings is 6. The van der Waals surface area contributed by atoms with Crippen molar-refractivity contribution in [1.82, 2.24) is 0 Å². The Labute approximate surface area is 254 Å². The minimum absolute atomic E-state index is 0. The summed E-state index contributed by atoms with van der Waals surface area (Å²) in [4.78, 5) is 0. The third-order valence-corrected chi connectivity index (χ3v) is 11.8. The smallest absolute Gasteiger partial charge is 0.0626 e. The van der Waals surface area contributed by atoms with Crippen molar-refractivity contribution < 1.29 is 17.1 Å². The van der Waals surface area contributed by atoms with Gasteiger partial charge in [0.1, 0.15) is 31.8 Å². The van der Waals surface area contributed by atoms with E-state index in [0.717, 1.165) is 0 Å². The molecule has 6 aromatic carbocycles. The largest absolute Gasteiger partial charge is 1.00 e. The zero-order valence-corrected chi connectivity index (χ0v) is 24.6. The first-order chi connectivity index (χ1) is 18.9. The number of hydrogen-bond acceptors (Lipinski definition) is 0. The Balaban J connectivity index is 0.000000210. The van der Waals surface area contributed by atoms with E-state index in [1.807, 2.05) is 0 Å². The van der Waals surface area contributed by atoms with Crippen LogP contribution >= 0.6 is 15.8 Å². The summed E-state index contributed by atoms with van der Waals surface area (Å²) in [6, 6.07) is 65.0. The van der Waals surface area contributed by atoms with Crippen LogP contribution in [-0.2, 0) is 17.1 Å². The maximum Gasteiger partial charge on any atom is 1.00 e. The average Bonchev–Trinajstić information content (AvgIpc) is 3.01. The van der Waals surface area contributed by atoms with Crippen LogP contribution in [0.4, 0.5) is 0 Å². The second-order valence-electron chi connectivity index (χ2n) is 8.95. The van der Waals surface area contributed by atoms with Crippen LogP contribution in [0.25, 0.3) is 0 Å². The molecule has 0 amide bonds. The van der Waals surface area contributed by atoms with Gasteiger partial charge in [-0.1, -0.05) is 118 Å². The van der Waals surface area contributed by atoms with Crippen LogP contribution < -0.4 is 31.8 Å². The van der Waals surface area contributed by atoms with Gasteiger partial charge in [0, 0.05) is 0 Å². The molecule has 0 radical (unpaired) electrons. The van der Waals surface area contributed by atoms with Crippen molar-refractivity contribution in [2.24, 2.45) is 0 Å². The Morgan fingerprint density at radius 1 is 0.225 bits per heavy atom. The molecule has 6 aromatic rings. The molecule has 0 heterocycles. The van der Waals surface area contributed by atoms with Gasteiger partial charge in [-0.25, -0.2) is 0 Å². The molecule has 0 bridgehead atoms. The summed E-state index contributed by atoms with van der Waals surface area (Å²) in [5, 5.41) is 8.61. The summed E-state index contributed by atoms with van der Waals surface area (Å²) in [7, 11) is -1.75. The molecule has 40 heavy (non-hydrogen) atoms. The minimum atomic E-state index is -0.877. The van der Waals surface area contributed by atoms with Gasteiger partial charge in [-0.15, -0.1) is 0 Å². The van der Waals surface area contributed by atoms with E-state index in [9.17, 15) is 0 Å². The number of hydrogen-bond donors (Lipinski definition) is 0. The summed E-state index contributed by atoms with van der Waals surface area (Å²) in [5.41, 5.74) is 0. The third-order valence-electron chi connectivity index (χ3n) is 6.37. The first-order valence-corrected chi connectivity index (χ1v) is 16.0. The van der Waals surface area contributed by atoms with Crippen molar-refractivity contribution >= 4 is 56.1 Å². The van der Waals surface area contributed by atoms with Crippen molar-refractivity contribution in [3.63, 3.8) is 0 Å². The molecule has 0 spiro atoms. The Bertz CT molecular complexity index is 1180. The van der Waals surface area contributed by atoms with E-state index in [-0.39, 0.29) is 25.5 Å². The second kappa shape index (κ2) is 16.8. The molecule has 0 aliphatic heterocycles. The molecule has 0 N–H and O–H groups in total. The Hall–Kier alpha value is -3.24. The van der Waals surface area contributed by atoms with Crippen molar-refractivity contribution in [2.45, 2.75) is 0 Å². The van der Waals surface area contributed by atoms with Crippen molar-refractivity contribution in [3.05, 3.63) is 182 Å². The molecule has 0 nitrogen and oxygen atoms in total. The molecule has 202 valence electrons. The van der Waals surface area contributed by atoms with Gasteiger partial charge in [0.2, 0.25) is 0 Å². The maximum atomic E-state index is 2.24. The zero-order valence-electron chi connectivity index (χ0n) is 21.6. The standard InChI is InChI=1S/2C18H15P.BH4.Cu/c2*1-4-10-16(11-5-1)19(17-12-6-2-7-13-17)18-14-8-3-9-15-18;;/h2*1-15H;1H4;/q;;-1;+1/p+2. The molecule has 0 aliphatic carbocycles. The van der Waals surface area contributed by atoms with Gasteiger partial charge >= 0.3 is 17.1 Å². The van der Waals surface area contributed by atoms with E-state index in [0.29, 0.717) is 0 Å². The quantitative estimate of drug-likeness (QED) is 0.188. The monoisotopic (exact) mass is 604 g/mol. The Kier molecular flexibility index (Phi) is 13.1. The van der Waals surface area contributed by atoms with E-state index in [2.05, 4.69) is 182 Å². The molecule has 6 rings (SSSR count). The predicted molar refractivity (Wildman–Crippen MR) is 184 cm³/mol. The molecular formula is C36H36BCuP2+2. The minimum Gasteiger partial charge on any atom is -0.0626 e. The van der Waals surface area contributed by atoms with E-state index in [1.165, 1.54) is 31.8 Å². The van der Waals surface area contributed by atoms with Gasteiger partial charge in [0.15, 0.2) is 0 Å². The normalized spacial score (nSPS) is 10.1. The molecule has 0 saturated carbocycles. The van der Waals surface area contributed by atoms with Crippen molar-refractivity contribution in [3.8, 4) is 0 Å². The maximum absolute atomic E-state index is 2.24. The van der Waals surface area contributed by atoms with Crippen LogP contribution in [-0.4, -0.2) is 8.41 Å². The van der Waals surface area contributed by atoms with Crippen LogP contribution in [0.15, 0.2) is 182 Å². The van der Waals surface area contributed by atoms with Gasteiger partial charge in [-0.05, 0) is 72.8 Å². The van der Waals surface area contributed by atoms with Crippen LogP contribution in [0.3, 0.4) is 0 Å². The van der Waals surface area contributed by atoms with Gasteiger partial charge in [-0.3, -0.25) is 0 Å². The SMILES string of the molecule is [BH4-].[Cu+].c1ccc([PH+](c2ccccc2)c2ccccc2)cc1.c1ccc([PH+](c2ccccc2)c2ccccc2)cc1.